The zero-order chi connectivity index (χ0) is 17.7. The summed E-state index contributed by atoms with van der Waals surface area (Å²) in [5.41, 5.74) is 0. The first kappa shape index (κ1) is 25.4. The molecule has 0 saturated heterocycles. The molecule has 0 aromatic rings. The van der Waals surface area contributed by atoms with E-state index in [9.17, 15) is 0 Å². The van der Waals surface area contributed by atoms with Crippen LogP contribution in [0.5, 0.6) is 0 Å². The topological polar surface area (TPSA) is 6.48 Å². The Balaban J connectivity index is 0. The zero-order valence-electron chi connectivity index (χ0n) is 14.9. The van der Waals surface area contributed by atoms with Crippen LogP contribution in [0.3, 0.4) is 0 Å². The quantitative estimate of drug-likeness (QED) is 0.313. The highest BCUT2D eigenvalue weighted by Crippen LogP contribution is 2.26. The molecular formula is C14H30N2S6. The van der Waals surface area contributed by atoms with E-state index in [1.165, 1.54) is 33.1 Å². The van der Waals surface area contributed by atoms with Gasteiger partial charge in [0.2, 0.25) is 0 Å². The minimum Gasteiger partial charge on any atom is -0.363 e. The van der Waals surface area contributed by atoms with Gasteiger partial charge in [-0.1, -0.05) is 73.7 Å². The highest BCUT2D eigenvalue weighted by atomic mass is 33.1. The van der Waals surface area contributed by atoms with E-state index in [1.54, 1.807) is 0 Å². The van der Waals surface area contributed by atoms with Gasteiger partial charge in [0.15, 0.2) is 0 Å². The Morgan fingerprint density at radius 1 is 0.727 bits per heavy atom. The van der Waals surface area contributed by atoms with Gasteiger partial charge in [-0.05, 0) is 33.4 Å². The molecule has 0 aliphatic heterocycles. The first-order valence-electron chi connectivity index (χ1n) is 7.09. The maximum absolute atomic E-state index is 5.07. The SMILES string of the molecule is CC(C)CSSCC(C)C.CN(C)C(=S)SSC(=S)N(C)C. The maximum atomic E-state index is 5.07. The molecule has 0 amide bonds. The predicted molar refractivity (Wildman–Crippen MR) is 122 cm³/mol. The molecule has 0 spiro atoms. The third kappa shape index (κ3) is 19.2. The van der Waals surface area contributed by atoms with Crippen LogP contribution >= 0.6 is 67.6 Å². The lowest BCUT2D eigenvalue weighted by Gasteiger charge is -2.15. The molecule has 0 saturated carbocycles. The lowest BCUT2D eigenvalue weighted by Crippen LogP contribution is -2.18. The van der Waals surface area contributed by atoms with Gasteiger partial charge < -0.3 is 9.80 Å². The van der Waals surface area contributed by atoms with E-state index in [1.807, 2.05) is 59.6 Å². The summed E-state index contributed by atoms with van der Waals surface area (Å²) in [5, 5.41) is 0. The molecule has 0 atom stereocenters. The van der Waals surface area contributed by atoms with Gasteiger partial charge >= 0.3 is 0 Å². The van der Waals surface area contributed by atoms with Crippen LogP contribution in [0.15, 0.2) is 0 Å². The van der Waals surface area contributed by atoms with Crippen molar-refractivity contribution in [2.75, 3.05) is 39.7 Å². The lowest BCUT2D eigenvalue weighted by molar-refractivity contribution is 0.647. The highest BCUT2D eigenvalue weighted by molar-refractivity contribution is 8.89. The summed E-state index contributed by atoms with van der Waals surface area (Å²) >= 11 is 10.1. The van der Waals surface area contributed by atoms with Crippen LogP contribution in [-0.2, 0) is 0 Å². The lowest BCUT2D eigenvalue weighted by atomic mass is 10.3. The number of rotatable bonds is 5. The molecule has 0 unspecified atom stereocenters. The molecule has 0 rings (SSSR count). The van der Waals surface area contributed by atoms with Crippen LogP contribution in [0.2, 0.25) is 0 Å². The Kier molecular flexibility index (Phi) is 18.1. The van der Waals surface area contributed by atoms with Crippen molar-refractivity contribution in [1.29, 1.82) is 0 Å². The summed E-state index contributed by atoms with van der Waals surface area (Å²) in [6.07, 6.45) is 0. The van der Waals surface area contributed by atoms with Crippen LogP contribution in [-0.4, -0.2) is 58.1 Å². The fraction of sp³-hybridized carbons (Fsp3) is 0.857. The Labute approximate surface area is 164 Å². The van der Waals surface area contributed by atoms with E-state index in [0.29, 0.717) is 0 Å². The maximum Gasteiger partial charge on any atom is 0.146 e. The van der Waals surface area contributed by atoms with E-state index in [0.717, 1.165) is 20.5 Å². The van der Waals surface area contributed by atoms with Crippen molar-refractivity contribution in [3.63, 3.8) is 0 Å². The van der Waals surface area contributed by atoms with Crippen molar-refractivity contribution in [1.82, 2.24) is 9.80 Å². The van der Waals surface area contributed by atoms with E-state index < -0.39 is 0 Å². The number of thiocarbonyl (C=S) groups is 2. The van der Waals surface area contributed by atoms with Crippen molar-refractivity contribution in [2.45, 2.75) is 27.7 Å². The smallest absolute Gasteiger partial charge is 0.146 e. The second-order valence-electron chi connectivity index (χ2n) is 5.84. The molecular weight excluding hydrogens is 389 g/mol. The second kappa shape index (κ2) is 15.7. The molecule has 22 heavy (non-hydrogen) atoms. The molecule has 8 heteroatoms. The number of hydrogen-bond donors (Lipinski definition) is 0. The van der Waals surface area contributed by atoms with Gasteiger partial charge in [0, 0.05) is 39.7 Å². The van der Waals surface area contributed by atoms with Crippen molar-refractivity contribution in [2.24, 2.45) is 11.8 Å². The van der Waals surface area contributed by atoms with Gasteiger partial charge in [-0.2, -0.15) is 0 Å². The van der Waals surface area contributed by atoms with Gasteiger partial charge in [0.1, 0.15) is 8.64 Å². The molecule has 0 aromatic carbocycles. The standard InChI is InChI=1S/C8H18S2.C6H12N2S4/c1-7(2)5-9-10-6-8(3)4;1-7(2)5(9)11-12-6(10)8(3)4/h7-8H,5-6H2,1-4H3;1-4H3. The van der Waals surface area contributed by atoms with Crippen LogP contribution in [0, 0.1) is 11.8 Å². The van der Waals surface area contributed by atoms with Crippen molar-refractivity contribution < 1.29 is 0 Å². The highest BCUT2D eigenvalue weighted by Gasteiger charge is 2.05. The summed E-state index contributed by atoms with van der Waals surface area (Å²) in [6, 6.07) is 0. The molecule has 0 fully saturated rings. The summed E-state index contributed by atoms with van der Waals surface area (Å²) < 4.78 is 1.67. The largest absolute Gasteiger partial charge is 0.363 e. The predicted octanol–water partition coefficient (Wildman–Crippen LogP) is 5.74. The Morgan fingerprint density at radius 2 is 1.00 bits per heavy atom. The van der Waals surface area contributed by atoms with Gasteiger partial charge in [-0.15, -0.1) is 0 Å². The van der Waals surface area contributed by atoms with Crippen molar-refractivity contribution >= 4 is 76.3 Å². The zero-order valence-corrected chi connectivity index (χ0v) is 19.8. The summed E-state index contributed by atoms with van der Waals surface area (Å²) in [5.74, 6) is 4.25. The van der Waals surface area contributed by atoms with Gasteiger partial charge in [0.25, 0.3) is 0 Å². The minimum atomic E-state index is 0.837. The third-order valence-electron chi connectivity index (χ3n) is 1.80. The van der Waals surface area contributed by atoms with Crippen LogP contribution in [0.1, 0.15) is 27.7 Å². The number of hydrogen-bond acceptors (Lipinski definition) is 6. The molecule has 0 heterocycles. The van der Waals surface area contributed by atoms with Gasteiger partial charge in [-0.25, -0.2) is 0 Å². The third-order valence-corrected chi connectivity index (χ3v) is 9.05. The van der Waals surface area contributed by atoms with Gasteiger partial charge in [-0.3, -0.25) is 0 Å². The fourth-order valence-electron chi connectivity index (χ4n) is 0.589. The van der Waals surface area contributed by atoms with Gasteiger partial charge in [0.05, 0.1) is 0 Å². The van der Waals surface area contributed by atoms with Crippen LogP contribution in [0.4, 0.5) is 0 Å². The molecule has 0 aromatic heterocycles. The monoisotopic (exact) mass is 418 g/mol. The minimum absolute atomic E-state index is 0.837. The van der Waals surface area contributed by atoms with Crippen LogP contribution < -0.4 is 0 Å². The molecule has 132 valence electrons. The first-order valence-corrected chi connectivity index (χ1v) is 12.5. The second-order valence-corrected chi connectivity index (χ2v) is 11.8. The molecule has 0 N–H and O–H groups in total. The summed E-state index contributed by atoms with van der Waals surface area (Å²) in [6.45, 7) is 9.07. The van der Waals surface area contributed by atoms with Crippen LogP contribution in [0.25, 0.3) is 0 Å². The van der Waals surface area contributed by atoms with E-state index in [-0.39, 0.29) is 0 Å². The average molecular weight is 419 g/mol. The first-order chi connectivity index (χ1) is 10.1. The Morgan fingerprint density at radius 3 is 1.18 bits per heavy atom. The Hall–Kier alpha value is 1.18. The summed E-state index contributed by atoms with van der Waals surface area (Å²) in [4.78, 5) is 3.79. The molecule has 0 aliphatic rings. The fourth-order valence-corrected chi connectivity index (χ4v) is 5.91. The van der Waals surface area contributed by atoms with Crippen molar-refractivity contribution in [3.05, 3.63) is 0 Å². The summed E-state index contributed by atoms with van der Waals surface area (Å²) in [7, 11) is 14.7. The van der Waals surface area contributed by atoms with E-state index in [2.05, 4.69) is 27.7 Å². The Bertz CT molecular complexity index is 276. The van der Waals surface area contributed by atoms with E-state index >= 15 is 0 Å². The molecule has 0 bridgehead atoms. The molecule has 0 radical (unpaired) electrons. The average Bonchev–Trinajstić information content (AvgIpc) is 2.40. The molecule has 0 aliphatic carbocycles. The number of nitrogens with zero attached hydrogens (tertiary/aromatic N) is 2. The van der Waals surface area contributed by atoms with E-state index in [4.69, 9.17) is 24.4 Å². The van der Waals surface area contributed by atoms with Crippen molar-refractivity contribution in [3.8, 4) is 0 Å². The normalized spacial score (nSPS) is 10.3. The molecule has 2 nitrogen and oxygen atoms in total.